The molecule has 1 aromatic rings. The lowest BCUT2D eigenvalue weighted by molar-refractivity contribution is 0.183. The van der Waals surface area contributed by atoms with E-state index in [0.29, 0.717) is 0 Å². The fourth-order valence-corrected chi connectivity index (χ4v) is 1.70. The molecule has 1 N–H and O–H groups in total. The fourth-order valence-electron chi connectivity index (χ4n) is 1.49. The number of aliphatic hydroxyl groups excluding tert-OH is 1. The van der Waals surface area contributed by atoms with Crippen LogP contribution in [-0.4, -0.2) is 11.2 Å². The summed E-state index contributed by atoms with van der Waals surface area (Å²) in [7, 11) is 0. The zero-order valence-corrected chi connectivity index (χ0v) is 9.29. The van der Waals surface area contributed by atoms with Crippen molar-refractivity contribution in [1.29, 1.82) is 0 Å². The van der Waals surface area contributed by atoms with E-state index in [9.17, 15) is 0 Å². The topological polar surface area (TPSA) is 20.2 Å². The van der Waals surface area contributed by atoms with Gasteiger partial charge in [-0.2, -0.15) is 12.6 Å². The Labute approximate surface area is 91.6 Å². The van der Waals surface area contributed by atoms with Crippen molar-refractivity contribution in [1.82, 2.24) is 0 Å². The first-order valence-electron chi connectivity index (χ1n) is 5.16. The quantitative estimate of drug-likeness (QED) is 0.683. The highest BCUT2D eigenvalue weighted by Gasteiger charge is 2.09. The summed E-state index contributed by atoms with van der Waals surface area (Å²) in [5.74, 6) is 0.834. The minimum Gasteiger partial charge on any atom is -0.393 e. The van der Waals surface area contributed by atoms with Crippen LogP contribution >= 0.6 is 12.6 Å². The van der Waals surface area contributed by atoms with Crippen molar-refractivity contribution < 1.29 is 5.11 Å². The molecule has 14 heavy (non-hydrogen) atoms. The molecule has 0 aliphatic heterocycles. The van der Waals surface area contributed by atoms with Gasteiger partial charge < -0.3 is 5.11 Å². The van der Waals surface area contributed by atoms with Crippen molar-refractivity contribution in [2.45, 2.75) is 37.5 Å². The van der Waals surface area contributed by atoms with E-state index in [2.05, 4.69) is 24.8 Å². The molecule has 2 heteroatoms. The molecule has 0 aromatic heterocycles. The average Bonchev–Trinajstić information content (AvgIpc) is 2.71. The highest BCUT2D eigenvalue weighted by Crippen LogP contribution is 2.16. The Hall–Kier alpha value is -0.470. The Morgan fingerprint density at radius 2 is 1.71 bits per heavy atom. The van der Waals surface area contributed by atoms with Crippen LogP contribution in [0.15, 0.2) is 30.3 Å². The van der Waals surface area contributed by atoms with E-state index in [4.69, 9.17) is 5.11 Å². The minimum absolute atomic E-state index is 0.0463. The van der Waals surface area contributed by atoms with Crippen molar-refractivity contribution in [2.75, 3.05) is 0 Å². The van der Waals surface area contributed by atoms with Gasteiger partial charge in [-0.15, -0.1) is 0 Å². The highest BCUT2D eigenvalue weighted by atomic mass is 32.1. The Kier molecular flexibility index (Phi) is 5.72. The molecule has 0 atom stereocenters. The average molecular weight is 210 g/mol. The standard InChI is InChI=1S/C7H8S.C5H10O/c8-6-7-4-2-1-3-5-7;6-5-3-1-2-4-5/h1-5,8H,6H2;5-6H,1-4H2. The Balaban J connectivity index is 0.000000146. The summed E-state index contributed by atoms with van der Waals surface area (Å²) < 4.78 is 0. The molecular weight excluding hydrogens is 192 g/mol. The van der Waals surface area contributed by atoms with E-state index in [1.807, 2.05) is 18.2 Å². The second-order valence-electron chi connectivity index (χ2n) is 3.58. The Morgan fingerprint density at radius 3 is 2.00 bits per heavy atom. The molecule has 0 radical (unpaired) electrons. The first-order chi connectivity index (χ1) is 6.83. The van der Waals surface area contributed by atoms with Gasteiger partial charge in [-0.05, 0) is 18.4 Å². The molecule has 78 valence electrons. The molecule has 1 nitrogen and oxygen atoms in total. The maximum absolute atomic E-state index is 8.73. The van der Waals surface area contributed by atoms with Crippen LogP contribution in [0.1, 0.15) is 31.2 Å². The summed E-state index contributed by atoms with van der Waals surface area (Å²) in [6, 6.07) is 10.2. The van der Waals surface area contributed by atoms with E-state index < -0.39 is 0 Å². The first kappa shape index (κ1) is 11.6. The summed E-state index contributed by atoms with van der Waals surface area (Å²) in [6.07, 6.45) is 4.60. The molecule has 0 amide bonds. The second-order valence-corrected chi connectivity index (χ2v) is 3.90. The zero-order chi connectivity index (χ0) is 10.2. The molecule has 1 aromatic carbocycles. The van der Waals surface area contributed by atoms with Crippen LogP contribution in [-0.2, 0) is 5.75 Å². The Morgan fingerprint density at radius 1 is 1.14 bits per heavy atom. The number of rotatable bonds is 1. The molecule has 0 bridgehead atoms. The molecule has 0 spiro atoms. The van der Waals surface area contributed by atoms with Gasteiger partial charge in [-0.3, -0.25) is 0 Å². The van der Waals surface area contributed by atoms with E-state index in [0.717, 1.165) is 18.6 Å². The van der Waals surface area contributed by atoms with E-state index in [1.165, 1.54) is 18.4 Å². The van der Waals surface area contributed by atoms with Gasteiger partial charge >= 0.3 is 0 Å². The van der Waals surface area contributed by atoms with Gasteiger partial charge in [0.15, 0.2) is 0 Å². The minimum atomic E-state index is 0.0463. The van der Waals surface area contributed by atoms with Gasteiger partial charge in [-0.1, -0.05) is 43.2 Å². The third-order valence-corrected chi connectivity index (χ3v) is 2.72. The van der Waals surface area contributed by atoms with Crippen LogP contribution in [0.4, 0.5) is 0 Å². The molecule has 0 saturated heterocycles. The smallest absolute Gasteiger partial charge is 0.0540 e. The second kappa shape index (κ2) is 6.91. The SMILES string of the molecule is OC1CCCC1.SCc1ccccc1. The van der Waals surface area contributed by atoms with Gasteiger partial charge in [0.05, 0.1) is 6.10 Å². The van der Waals surface area contributed by atoms with Crippen LogP contribution < -0.4 is 0 Å². The fraction of sp³-hybridized carbons (Fsp3) is 0.500. The maximum Gasteiger partial charge on any atom is 0.0540 e. The first-order valence-corrected chi connectivity index (χ1v) is 5.79. The van der Waals surface area contributed by atoms with Gasteiger partial charge in [0, 0.05) is 5.75 Å². The molecule has 0 unspecified atom stereocenters. The van der Waals surface area contributed by atoms with Crippen molar-refractivity contribution in [3.8, 4) is 0 Å². The predicted molar refractivity (Wildman–Crippen MR) is 63.6 cm³/mol. The predicted octanol–water partition coefficient (Wildman–Crippen LogP) is 3.04. The monoisotopic (exact) mass is 210 g/mol. The summed E-state index contributed by atoms with van der Waals surface area (Å²) in [5, 5.41) is 8.73. The third-order valence-electron chi connectivity index (χ3n) is 2.35. The van der Waals surface area contributed by atoms with E-state index in [-0.39, 0.29) is 6.10 Å². The Bertz CT molecular complexity index is 229. The number of benzene rings is 1. The largest absolute Gasteiger partial charge is 0.393 e. The van der Waals surface area contributed by atoms with Crippen LogP contribution in [0.3, 0.4) is 0 Å². The molecule has 1 aliphatic rings. The molecule has 0 heterocycles. The number of aliphatic hydroxyl groups is 1. The lowest BCUT2D eigenvalue weighted by Crippen LogP contribution is -1.94. The molecule has 2 rings (SSSR count). The van der Waals surface area contributed by atoms with Crippen LogP contribution in [0, 0.1) is 0 Å². The molecular formula is C12H18OS. The van der Waals surface area contributed by atoms with Crippen LogP contribution in [0.25, 0.3) is 0 Å². The van der Waals surface area contributed by atoms with Crippen LogP contribution in [0.5, 0.6) is 0 Å². The number of hydrogen-bond acceptors (Lipinski definition) is 2. The van der Waals surface area contributed by atoms with Crippen LogP contribution in [0.2, 0.25) is 0 Å². The van der Waals surface area contributed by atoms with Crippen molar-refractivity contribution in [2.24, 2.45) is 0 Å². The summed E-state index contributed by atoms with van der Waals surface area (Å²) in [6.45, 7) is 0. The normalized spacial score (nSPS) is 16.1. The van der Waals surface area contributed by atoms with Crippen molar-refractivity contribution >= 4 is 12.6 Å². The van der Waals surface area contributed by atoms with Gasteiger partial charge in [0.2, 0.25) is 0 Å². The summed E-state index contributed by atoms with van der Waals surface area (Å²) in [4.78, 5) is 0. The number of hydrogen-bond donors (Lipinski definition) is 2. The molecule has 1 fully saturated rings. The maximum atomic E-state index is 8.73. The van der Waals surface area contributed by atoms with E-state index >= 15 is 0 Å². The summed E-state index contributed by atoms with van der Waals surface area (Å²) in [5.41, 5.74) is 1.27. The van der Waals surface area contributed by atoms with Crippen molar-refractivity contribution in [3.63, 3.8) is 0 Å². The lowest BCUT2D eigenvalue weighted by Gasteiger charge is -1.91. The highest BCUT2D eigenvalue weighted by molar-refractivity contribution is 7.79. The lowest BCUT2D eigenvalue weighted by atomic mass is 10.2. The van der Waals surface area contributed by atoms with E-state index in [1.54, 1.807) is 0 Å². The van der Waals surface area contributed by atoms with Gasteiger partial charge in [-0.25, -0.2) is 0 Å². The number of thiol groups is 1. The van der Waals surface area contributed by atoms with Gasteiger partial charge in [0.25, 0.3) is 0 Å². The van der Waals surface area contributed by atoms with Crippen molar-refractivity contribution in [3.05, 3.63) is 35.9 Å². The molecule has 1 saturated carbocycles. The van der Waals surface area contributed by atoms with Gasteiger partial charge in [0.1, 0.15) is 0 Å². The summed E-state index contributed by atoms with van der Waals surface area (Å²) >= 11 is 4.11. The third kappa shape index (κ3) is 4.68. The zero-order valence-electron chi connectivity index (χ0n) is 8.39. The molecule has 1 aliphatic carbocycles.